The molecule has 20 heavy (non-hydrogen) atoms. The van der Waals surface area contributed by atoms with Crippen molar-refractivity contribution in [1.82, 2.24) is 5.32 Å². The Bertz CT molecular complexity index is 449. The average Bonchev–Trinajstić information content (AvgIpc) is 2.45. The monoisotopic (exact) mass is 280 g/mol. The highest BCUT2D eigenvalue weighted by molar-refractivity contribution is 5.92. The Hall–Kier alpha value is -2.05. The van der Waals surface area contributed by atoms with Gasteiger partial charge in [-0.1, -0.05) is 6.08 Å². The van der Waals surface area contributed by atoms with Gasteiger partial charge >= 0.3 is 0 Å². The molecule has 6 nitrogen and oxygen atoms in total. The summed E-state index contributed by atoms with van der Waals surface area (Å²) in [5.41, 5.74) is 0.601. The first-order valence-corrected chi connectivity index (χ1v) is 6.24. The van der Waals surface area contributed by atoms with E-state index in [1.54, 1.807) is 24.3 Å². The zero-order valence-corrected chi connectivity index (χ0v) is 11.5. The number of carbonyl (C=O) groups is 1. The molecule has 1 amide bonds. The summed E-state index contributed by atoms with van der Waals surface area (Å²) < 4.78 is 10.5. The highest BCUT2D eigenvalue weighted by Crippen LogP contribution is 2.30. The summed E-state index contributed by atoms with van der Waals surface area (Å²) in [6.45, 7) is 4.39. The van der Waals surface area contributed by atoms with Gasteiger partial charge < -0.3 is 25.2 Å². The molecule has 0 atom stereocenters. The van der Waals surface area contributed by atoms with Crippen molar-refractivity contribution in [2.24, 2.45) is 0 Å². The zero-order chi connectivity index (χ0) is 14.8. The highest BCUT2D eigenvalue weighted by atomic mass is 16.5. The van der Waals surface area contributed by atoms with Crippen molar-refractivity contribution in [1.29, 1.82) is 0 Å². The number of methoxy groups -OCH3 is 1. The summed E-state index contributed by atoms with van der Waals surface area (Å²) in [4.78, 5) is 11.6. The predicted molar refractivity (Wildman–Crippen MR) is 77.3 cm³/mol. The zero-order valence-electron chi connectivity index (χ0n) is 11.5. The second kappa shape index (κ2) is 8.95. The summed E-state index contributed by atoms with van der Waals surface area (Å²) in [5, 5.41) is 14.4. The predicted octanol–water partition coefficient (Wildman–Crippen LogP) is 0.780. The van der Waals surface area contributed by atoms with E-state index in [9.17, 15) is 4.79 Å². The van der Waals surface area contributed by atoms with Gasteiger partial charge in [0.25, 0.3) is 0 Å². The van der Waals surface area contributed by atoms with Crippen LogP contribution in [0.4, 0.5) is 5.69 Å². The van der Waals surface area contributed by atoms with E-state index in [-0.39, 0.29) is 25.7 Å². The Balaban J connectivity index is 2.65. The van der Waals surface area contributed by atoms with Crippen molar-refractivity contribution < 1.29 is 19.4 Å². The van der Waals surface area contributed by atoms with E-state index in [0.717, 1.165) is 0 Å². The van der Waals surface area contributed by atoms with Crippen LogP contribution in [0.25, 0.3) is 0 Å². The minimum absolute atomic E-state index is 0.0920. The fourth-order valence-electron chi connectivity index (χ4n) is 1.52. The number of benzene rings is 1. The number of aliphatic hydroxyl groups is 1. The quantitative estimate of drug-likeness (QED) is 0.460. The van der Waals surface area contributed by atoms with Crippen LogP contribution in [0.1, 0.15) is 0 Å². The molecule has 0 unspecified atom stereocenters. The maximum absolute atomic E-state index is 11.6. The summed E-state index contributed by atoms with van der Waals surface area (Å²) in [5.74, 6) is 0.852. The van der Waals surface area contributed by atoms with Crippen LogP contribution in [0.5, 0.6) is 11.5 Å². The van der Waals surface area contributed by atoms with Crippen molar-refractivity contribution in [3.63, 3.8) is 0 Å². The molecule has 1 aromatic rings. The molecule has 0 saturated heterocycles. The number of amides is 1. The topological polar surface area (TPSA) is 79.8 Å². The first-order valence-electron chi connectivity index (χ1n) is 6.24. The molecule has 0 aliphatic carbocycles. The van der Waals surface area contributed by atoms with E-state index in [4.69, 9.17) is 14.6 Å². The third-order valence-corrected chi connectivity index (χ3v) is 2.37. The van der Waals surface area contributed by atoms with Crippen molar-refractivity contribution in [2.45, 2.75) is 0 Å². The molecular weight excluding hydrogens is 260 g/mol. The van der Waals surface area contributed by atoms with Gasteiger partial charge in [-0.2, -0.15) is 0 Å². The molecule has 0 fully saturated rings. The van der Waals surface area contributed by atoms with Crippen LogP contribution in [0.15, 0.2) is 30.9 Å². The molecular formula is C14H20N2O4. The SMILES string of the molecule is C=CCNCC(=O)Nc1ccc(OC)c(OCCO)c1. The third-order valence-electron chi connectivity index (χ3n) is 2.37. The lowest BCUT2D eigenvalue weighted by atomic mass is 10.2. The maximum Gasteiger partial charge on any atom is 0.238 e. The lowest BCUT2D eigenvalue weighted by Crippen LogP contribution is -2.28. The van der Waals surface area contributed by atoms with Gasteiger partial charge in [-0.05, 0) is 12.1 Å². The molecule has 6 heteroatoms. The fraction of sp³-hybridized carbons (Fsp3) is 0.357. The van der Waals surface area contributed by atoms with Crippen molar-refractivity contribution in [3.05, 3.63) is 30.9 Å². The largest absolute Gasteiger partial charge is 0.493 e. The number of rotatable bonds is 9. The number of nitrogens with one attached hydrogen (secondary N) is 2. The number of ether oxygens (including phenoxy) is 2. The third kappa shape index (κ3) is 5.29. The van der Waals surface area contributed by atoms with Crippen LogP contribution < -0.4 is 20.1 Å². The average molecular weight is 280 g/mol. The van der Waals surface area contributed by atoms with E-state index in [1.165, 1.54) is 7.11 Å². The molecule has 0 radical (unpaired) electrons. The van der Waals surface area contributed by atoms with Gasteiger partial charge in [0.1, 0.15) is 6.61 Å². The standard InChI is InChI=1S/C14H20N2O4/c1-3-6-15-10-14(18)16-11-4-5-12(19-2)13(9-11)20-8-7-17/h3-5,9,15,17H,1,6-8,10H2,2H3,(H,16,18). The summed E-state index contributed by atoms with van der Waals surface area (Å²) in [6.07, 6.45) is 1.68. The first kappa shape index (κ1) is 16.0. The van der Waals surface area contributed by atoms with Crippen LogP contribution in [0.2, 0.25) is 0 Å². The van der Waals surface area contributed by atoms with E-state index >= 15 is 0 Å². The molecule has 1 aromatic carbocycles. The van der Waals surface area contributed by atoms with Crippen LogP contribution in [0.3, 0.4) is 0 Å². The number of hydrogen-bond donors (Lipinski definition) is 3. The normalized spacial score (nSPS) is 9.90. The number of anilines is 1. The van der Waals surface area contributed by atoms with E-state index in [0.29, 0.717) is 23.7 Å². The van der Waals surface area contributed by atoms with Gasteiger partial charge in [-0.3, -0.25) is 4.79 Å². The number of hydrogen-bond acceptors (Lipinski definition) is 5. The van der Waals surface area contributed by atoms with Crippen molar-refractivity contribution in [3.8, 4) is 11.5 Å². The minimum atomic E-state index is -0.162. The fourth-order valence-corrected chi connectivity index (χ4v) is 1.52. The first-order chi connectivity index (χ1) is 9.71. The van der Waals surface area contributed by atoms with Crippen LogP contribution in [-0.4, -0.2) is 44.4 Å². The number of carbonyl (C=O) groups excluding carboxylic acids is 1. The Morgan fingerprint density at radius 3 is 2.90 bits per heavy atom. The Kier molecular flexibility index (Phi) is 7.16. The van der Waals surface area contributed by atoms with E-state index in [2.05, 4.69) is 17.2 Å². The van der Waals surface area contributed by atoms with Gasteiger partial charge in [-0.25, -0.2) is 0 Å². The Morgan fingerprint density at radius 1 is 1.45 bits per heavy atom. The molecule has 3 N–H and O–H groups in total. The van der Waals surface area contributed by atoms with Gasteiger partial charge in [-0.15, -0.1) is 6.58 Å². The lowest BCUT2D eigenvalue weighted by Gasteiger charge is -2.12. The molecule has 0 bridgehead atoms. The summed E-state index contributed by atoms with van der Waals surface area (Å²) in [7, 11) is 1.53. The minimum Gasteiger partial charge on any atom is -0.493 e. The number of aliphatic hydroxyl groups excluding tert-OH is 1. The molecule has 0 spiro atoms. The lowest BCUT2D eigenvalue weighted by molar-refractivity contribution is -0.115. The molecule has 0 aliphatic rings. The molecule has 110 valence electrons. The second-order valence-electron chi connectivity index (χ2n) is 3.91. The Morgan fingerprint density at radius 2 is 2.25 bits per heavy atom. The molecule has 0 heterocycles. The van der Waals surface area contributed by atoms with Crippen LogP contribution >= 0.6 is 0 Å². The van der Waals surface area contributed by atoms with Gasteiger partial charge in [0.15, 0.2) is 11.5 Å². The van der Waals surface area contributed by atoms with Crippen LogP contribution in [0, 0.1) is 0 Å². The highest BCUT2D eigenvalue weighted by Gasteiger charge is 2.08. The smallest absolute Gasteiger partial charge is 0.238 e. The van der Waals surface area contributed by atoms with Gasteiger partial charge in [0.2, 0.25) is 5.91 Å². The molecule has 0 aliphatic heterocycles. The van der Waals surface area contributed by atoms with Crippen molar-refractivity contribution in [2.75, 3.05) is 38.7 Å². The van der Waals surface area contributed by atoms with Crippen molar-refractivity contribution >= 4 is 11.6 Å². The van der Waals surface area contributed by atoms with Gasteiger partial charge in [0, 0.05) is 18.3 Å². The molecule has 0 aromatic heterocycles. The summed E-state index contributed by atoms with van der Waals surface area (Å²) in [6, 6.07) is 5.06. The molecule has 0 saturated carbocycles. The Labute approximate surface area is 118 Å². The van der Waals surface area contributed by atoms with E-state index in [1.807, 2.05) is 0 Å². The van der Waals surface area contributed by atoms with Gasteiger partial charge in [0.05, 0.1) is 20.3 Å². The second-order valence-corrected chi connectivity index (χ2v) is 3.91. The molecule has 1 rings (SSSR count). The summed E-state index contributed by atoms with van der Waals surface area (Å²) >= 11 is 0. The van der Waals surface area contributed by atoms with Crippen LogP contribution in [-0.2, 0) is 4.79 Å². The maximum atomic E-state index is 11.6. The van der Waals surface area contributed by atoms with E-state index < -0.39 is 0 Å².